The molecule has 0 amide bonds. The number of nitrogens with zero attached hydrogens (tertiary/aromatic N) is 1. The third-order valence-electron chi connectivity index (χ3n) is 3.00. The molecule has 0 bridgehead atoms. The number of hydrogen-bond acceptors (Lipinski definition) is 3. The average molecular weight is 207 g/mol. The highest BCUT2D eigenvalue weighted by Gasteiger charge is 2.12. The van der Waals surface area contributed by atoms with Crippen LogP contribution in [0.1, 0.15) is 25.0 Å². The quantitative estimate of drug-likeness (QED) is 0.767. The van der Waals surface area contributed by atoms with E-state index in [9.17, 15) is 4.79 Å². The van der Waals surface area contributed by atoms with E-state index in [0.29, 0.717) is 0 Å². The Morgan fingerprint density at radius 3 is 2.93 bits per heavy atom. The highest BCUT2D eigenvalue weighted by molar-refractivity contribution is 4.98. The highest BCUT2D eigenvalue weighted by atomic mass is 16.1. The molecule has 2 rings (SSSR count). The van der Waals surface area contributed by atoms with Gasteiger partial charge in [-0.25, -0.2) is 4.98 Å². The van der Waals surface area contributed by atoms with Crippen LogP contribution in [-0.4, -0.2) is 23.1 Å². The fourth-order valence-electron chi connectivity index (χ4n) is 2.07. The van der Waals surface area contributed by atoms with Crippen LogP contribution in [0.2, 0.25) is 0 Å². The molecule has 1 aliphatic rings. The summed E-state index contributed by atoms with van der Waals surface area (Å²) in [6.07, 6.45) is 6.07. The smallest absolute Gasteiger partial charge is 0.250 e. The van der Waals surface area contributed by atoms with Gasteiger partial charge in [-0.05, 0) is 44.7 Å². The zero-order chi connectivity index (χ0) is 10.5. The first-order valence-corrected chi connectivity index (χ1v) is 5.59. The summed E-state index contributed by atoms with van der Waals surface area (Å²) in [6.45, 7) is 2.26. The summed E-state index contributed by atoms with van der Waals surface area (Å²) in [7, 11) is 0. The van der Waals surface area contributed by atoms with E-state index in [1.54, 1.807) is 6.07 Å². The van der Waals surface area contributed by atoms with Crippen molar-refractivity contribution in [3.05, 3.63) is 28.4 Å². The average Bonchev–Trinajstić information content (AvgIpc) is 2.28. The first-order chi connectivity index (χ1) is 7.34. The first kappa shape index (κ1) is 10.4. The summed E-state index contributed by atoms with van der Waals surface area (Å²) in [5.74, 6) is 0.798. The largest absolute Gasteiger partial charge is 0.317 e. The Balaban J connectivity index is 1.84. The molecule has 82 valence electrons. The van der Waals surface area contributed by atoms with Crippen LogP contribution >= 0.6 is 0 Å². The molecular weight excluding hydrogens is 190 g/mol. The van der Waals surface area contributed by atoms with Gasteiger partial charge < -0.3 is 10.3 Å². The van der Waals surface area contributed by atoms with E-state index in [1.165, 1.54) is 19.2 Å². The molecule has 1 aliphatic heterocycles. The Bertz CT molecular complexity index is 355. The monoisotopic (exact) mass is 207 g/mol. The van der Waals surface area contributed by atoms with Gasteiger partial charge in [0.15, 0.2) is 0 Å². The number of hydrogen-bond donors (Lipinski definition) is 2. The molecule has 2 heterocycles. The molecule has 0 atom stereocenters. The number of aromatic nitrogens is 2. The van der Waals surface area contributed by atoms with E-state index in [2.05, 4.69) is 15.3 Å². The summed E-state index contributed by atoms with van der Waals surface area (Å²) in [6, 6.07) is 1.60. The Hall–Kier alpha value is -1.16. The molecule has 1 aromatic rings. The van der Waals surface area contributed by atoms with E-state index in [4.69, 9.17) is 0 Å². The Morgan fingerprint density at radius 1 is 1.40 bits per heavy atom. The van der Waals surface area contributed by atoms with Crippen LogP contribution in [0, 0.1) is 5.92 Å². The van der Waals surface area contributed by atoms with E-state index in [-0.39, 0.29) is 5.56 Å². The molecule has 4 nitrogen and oxygen atoms in total. The molecule has 1 aromatic heterocycles. The van der Waals surface area contributed by atoms with Crippen molar-refractivity contribution in [1.82, 2.24) is 15.3 Å². The van der Waals surface area contributed by atoms with Crippen molar-refractivity contribution in [2.24, 2.45) is 5.92 Å². The normalized spacial score (nSPS) is 17.9. The third-order valence-corrected chi connectivity index (χ3v) is 3.00. The molecule has 0 aromatic carbocycles. The summed E-state index contributed by atoms with van der Waals surface area (Å²) >= 11 is 0. The van der Waals surface area contributed by atoms with Crippen LogP contribution in [-0.2, 0) is 6.42 Å². The summed E-state index contributed by atoms with van der Waals surface area (Å²) in [4.78, 5) is 17.7. The number of aromatic amines is 1. The minimum atomic E-state index is -0.0506. The standard InChI is InChI=1S/C11H17N3O/c15-11-7-10(13-8-14-11)2-1-9-3-5-12-6-4-9/h7-9,12H,1-6H2,(H,13,14,15). The molecular formula is C11H17N3O. The zero-order valence-electron chi connectivity index (χ0n) is 8.83. The predicted molar refractivity (Wildman–Crippen MR) is 58.8 cm³/mol. The second-order valence-electron chi connectivity index (χ2n) is 4.13. The minimum absolute atomic E-state index is 0.0506. The van der Waals surface area contributed by atoms with E-state index in [0.717, 1.165) is 37.5 Å². The SMILES string of the molecule is O=c1cc(CCC2CCNCC2)nc[nH]1. The Kier molecular flexibility index (Phi) is 3.50. The van der Waals surface area contributed by atoms with Crippen molar-refractivity contribution >= 4 is 0 Å². The first-order valence-electron chi connectivity index (χ1n) is 5.59. The van der Waals surface area contributed by atoms with Gasteiger partial charge in [-0.15, -0.1) is 0 Å². The number of H-pyrrole nitrogens is 1. The van der Waals surface area contributed by atoms with Crippen LogP contribution in [0.3, 0.4) is 0 Å². The maximum Gasteiger partial charge on any atom is 0.250 e. The van der Waals surface area contributed by atoms with E-state index in [1.807, 2.05) is 0 Å². The van der Waals surface area contributed by atoms with Crippen molar-refractivity contribution < 1.29 is 0 Å². The molecule has 2 N–H and O–H groups in total. The van der Waals surface area contributed by atoms with Gasteiger partial charge in [-0.2, -0.15) is 0 Å². The van der Waals surface area contributed by atoms with Gasteiger partial charge in [-0.1, -0.05) is 0 Å². The molecule has 0 saturated carbocycles. The zero-order valence-corrected chi connectivity index (χ0v) is 8.83. The van der Waals surface area contributed by atoms with Crippen LogP contribution < -0.4 is 10.9 Å². The molecule has 4 heteroatoms. The van der Waals surface area contributed by atoms with Crippen LogP contribution in [0.5, 0.6) is 0 Å². The summed E-state index contributed by atoms with van der Waals surface area (Å²) in [5.41, 5.74) is 0.864. The lowest BCUT2D eigenvalue weighted by Crippen LogP contribution is -2.28. The lowest BCUT2D eigenvalue weighted by molar-refractivity contribution is 0.353. The molecule has 0 radical (unpaired) electrons. The minimum Gasteiger partial charge on any atom is -0.317 e. The maximum atomic E-state index is 11.0. The molecule has 0 aliphatic carbocycles. The van der Waals surface area contributed by atoms with Crippen molar-refractivity contribution in [3.8, 4) is 0 Å². The lowest BCUT2D eigenvalue weighted by Gasteiger charge is -2.22. The van der Waals surface area contributed by atoms with Crippen LogP contribution in [0.4, 0.5) is 0 Å². The number of rotatable bonds is 3. The molecule has 0 unspecified atom stereocenters. The van der Waals surface area contributed by atoms with Crippen molar-refractivity contribution in [1.29, 1.82) is 0 Å². The number of aryl methyl sites for hydroxylation is 1. The number of nitrogens with one attached hydrogen (secondary N) is 2. The second kappa shape index (κ2) is 5.07. The van der Waals surface area contributed by atoms with Gasteiger partial charge in [0.25, 0.3) is 5.56 Å². The van der Waals surface area contributed by atoms with Gasteiger partial charge in [0.2, 0.25) is 0 Å². The van der Waals surface area contributed by atoms with Gasteiger partial charge in [0.05, 0.1) is 6.33 Å². The van der Waals surface area contributed by atoms with Crippen molar-refractivity contribution in [2.45, 2.75) is 25.7 Å². The topological polar surface area (TPSA) is 57.8 Å². The maximum absolute atomic E-state index is 11.0. The third kappa shape index (κ3) is 3.16. The van der Waals surface area contributed by atoms with Gasteiger partial charge in [-0.3, -0.25) is 4.79 Å². The van der Waals surface area contributed by atoms with E-state index < -0.39 is 0 Å². The Morgan fingerprint density at radius 2 is 2.20 bits per heavy atom. The Labute approximate surface area is 89.1 Å². The van der Waals surface area contributed by atoms with Crippen molar-refractivity contribution in [3.63, 3.8) is 0 Å². The van der Waals surface area contributed by atoms with Gasteiger partial charge in [0.1, 0.15) is 0 Å². The fourth-order valence-corrected chi connectivity index (χ4v) is 2.07. The second-order valence-corrected chi connectivity index (χ2v) is 4.13. The van der Waals surface area contributed by atoms with Gasteiger partial charge in [0, 0.05) is 11.8 Å². The summed E-state index contributed by atoms with van der Waals surface area (Å²) in [5, 5.41) is 3.35. The molecule has 15 heavy (non-hydrogen) atoms. The molecule has 1 saturated heterocycles. The molecule has 1 fully saturated rings. The lowest BCUT2D eigenvalue weighted by atomic mass is 9.92. The molecule has 0 spiro atoms. The highest BCUT2D eigenvalue weighted by Crippen LogP contribution is 2.17. The number of piperidine rings is 1. The predicted octanol–water partition coefficient (Wildman–Crippen LogP) is 0.702. The van der Waals surface area contributed by atoms with Crippen LogP contribution in [0.15, 0.2) is 17.2 Å². The van der Waals surface area contributed by atoms with E-state index >= 15 is 0 Å². The fraction of sp³-hybridized carbons (Fsp3) is 0.636. The van der Waals surface area contributed by atoms with Gasteiger partial charge >= 0.3 is 0 Å². The summed E-state index contributed by atoms with van der Waals surface area (Å²) < 4.78 is 0. The van der Waals surface area contributed by atoms with Crippen molar-refractivity contribution in [2.75, 3.05) is 13.1 Å². The van der Waals surface area contributed by atoms with Crippen LogP contribution in [0.25, 0.3) is 0 Å².